The van der Waals surface area contributed by atoms with Crippen LogP contribution < -0.4 is 15.4 Å². The molecule has 7 heteroatoms. The summed E-state index contributed by atoms with van der Waals surface area (Å²) in [7, 11) is 1.57. The van der Waals surface area contributed by atoms with Crippen LogP contribution in [0, 0.1) is 0 Å². The molecule has 25 heavy (non-hydrogen) atoms. The van der Waals surface area contributed by atoms with Crippen molar-refractivity contribution in [2.24, 2.45) is 0 Å². The predicted molar refractivity (Wildman–Crippen MR) is 97.7 cm³/mol. The molecular formula is C18H15ClN4O2. The Balaban J connectivity index is 1.66. The molecule has 1 aromatic heterocycles. The molecule has 2 aromatic carbocycles. The van der Waals surface area contributed by atoms with Crippen molar-refractivity contribution in [2.45, 2.75) is 0 Å². The zero-order valence-electron chi connectivity index (χ0n) is 13.4. The zero-order chi connectivity index (χ0) is 17.6. The molecule has 0 aliphatic heterocycles. The second-order valence-corrected chi connectivity index (χ2v) is 5.55. The van der Waals surface area contributed by atoms with Crippen LogP contribution in [0.5, 0.6) is 5.75 Å². The highest BCUT2D eigenvalue weighted by Crippen LogP contribution is 2.18. The molecule has 0 saturated heterocycles. The molecule has 3 aromatic rings. The topological polar surface area (TPSA) is 76.1 Å². The number of carbonyl (C=O) groups excluding carboxylic acids is 1. The first-order valence-corrected chi connectivity index (χ1v) is 7.82. The van der Waals surface area contributed by atoms with Crippen LogP contribution in [-0.4, -0.2) is 23.0 Å². The van der Waals surface area contributed by atoms with Gasteiger partial charge in [0.25, 0.3) is 5.91 Å². The largest absolute Gasteiger partial charge is 0.497 e. The number of hydrogen-bond donors (Lipinski definition) is 2. The van der Waals surface area contributed by atoms with Crippen LogP contribution in [0.25, 0.3) is 0 Å². The normalized spacial score (nSPS) is 10.2. The fourth-order valence-electron chi connectivity index (χ4n) is 2.08. The summed E-state index contributed by atoms with van der Waals surface area (Å²) in [6, 6.07) is 14.3. The maximum absolute atomic E-state index is 12.3. The Morgan fingerprint density at radius 1 is 1.04 bits per heavy atom. The monoisotopic (exact) mass is 354 g/mol. The number of methoxy groups -OCH3 is 1. The van der Waals surface area contributed by atoms with Crippen molar-refractivity contribution in [3.63, 3.8) is 0 Å². The quantitative estimate of drug-likeness (QED) is 0.720. The number of amides is 1. The van der Waals surface area contributed by atoms with E-state index in [-0.39, 0.29) is 5.91 Å². The van der Waals surface area contributed by atoms with Gasteiger partial charge < -0.3 is 15.4 Å². The lowest BCUT2D eigenvalue weighted by Crippen LogP contribution is -2.13. The van der Waals surface area contributed by atoms with E-state index in [4.69, 9.17) is 16.3 Å². The maximum atomic E-state index is 12.3. The van der Waals surface area contributed by atoms with Crippen LogP contribution in [-0.2, 0) is 0 Å². The maximum Gasteiger partial charge on any atom is 0.258 e. The van der Waals surface area contributed by atoms with E-state index in [1.54, 1.807) is 43.5 Å². The molecule has 0 aliphatic carbocycles. The smallest absolute Gasteiger partial charge is 0.258 e. The number of hydrogen-bond acceptors (Lipinski definition) is 5. The molecule has 126 valence electrons. The van der Waals surface area contributed by atoms with Gasteiger partial charge in [-0.15, -0.1) is 0 Å². The van der Waals surface area contributed by atoms with E-state index < -0.39 is 0 Å². The van der Waals surface area contributed by atoms with Gasteiger partial charge in [-0.3, -0.25) is 4.79 Å². The van der Waals surface area contributed by atoms with Crippen molar-refractivity contribution in [1.29, 1.82) is 0 Å². The molecule has 3 rings (SSSR count). The minimum atomic E-state index is -0.300. The summed E-state index contributed by atoms with van der Waals surface area (Å²) in [5.74, 6) is 0.753. The van der Waals surface area contributed by atoms with Crippen molar-refractivity contribution in [3.05, 3.63) is 71.5 Å². The zero-order valence-corrected chi connectivity index (χ0v) is 14.1. The van der Waals surface area contributed by atoms with Crippen molar-refractivity contribution >= 4 is 34.8 Å². The minimum Gasteiger partial charge on any atom is -0.497 e. The molecule has 0 spiro atoms. The Morgan fingerprint density at radius 2 is 1.76 bits per heavy atom. The van der Waals surface area contributed by atoms with Crippen LogP contribution in [0.15, 0.2) is 60.9 Å². The summed E-state index contributed by atoms with van der Waals surface area (Å²) < 4.78 is 5.13. The fraction of sp³-hybridized carbons (Fsp3) is 0.0556. The number of aromatic nitrogens is 2. The highest BCUT2D eigenvalue weighted by atomic mass is 35.5. The molecule has 1 amide bonds. The first-order chi connectivity index (χ1) is 12.1. The van der Waals surface area contributed by atoms with E-state index in [0.29, 0.717) is 28.0 Å². The van der Waals surface area contributed by atoms with E-state index >= 15 is 0 Å². The second kappa shape index (κ2) is 7.63. The average Bonchev–Trinajstić information content (AvgIpc) is 2.64. The summed E-state index contributed by atoms with van der Waals surface area (Å²) in [4.78, 5) is 20.6. The Labute approximate surface area is 149 Å². The number of ether oxygens (including phenoxy) is 1. The highest BCUT2D eigenvalue weighted by Gasteiger charge is 2.08. The Kier molecular flexibility index (Phi) is 5.11. The molecule has 0 fully saturated rings. The summed E-state index contributed by atoms with van der Waals surface area (Å²) in [5.41, 5.74) is 1.79. The Morgan fingerprint density at radius 3 is 2.44 bits per heavy atom. The third-order valence-corrected chi connectivity index (χ3v) is 3.59. The van der Waals surface area contributed by atoms with Gasteiger partial charge in [-0.1, -0.05) is 17.7 Å². The van der Waals surface area contributed by atoms with E-state index in [1.807, 2.05) is 12.1 Å². The molecule has 6 nitrogen and oxygen atoms in total. The molecule has 0 aliphatic rings. The fourth-order valence-corrected chi connectivity index (χ4v) is 2.20. The van der Waals surface area contributed by atoms with Gasteiger partial charge in [0, 0.05) is 34.9 Å². The molecule has 0 saturated carbocycles. The third kappa shape index (κ3) is 4.45. The van der Waals surface area contributed by atoms with Gasteiger partial charge in [0.15, 0.2) is 0 Å². The summed E-state index contributed by atoms with van der Waals surface area (Å²) in [6.07, 6.45) is 2.92. The molecule has 1 heterocycles. The summed E-state index contributed by atoms with van der Waals surface area (Å²) in [6.45, 7) is 0. The lowest BCUT2D eigenvalue weighted by atomic mass is 10.2. The lowest BCUT2D eigenvalue weighted by molar-refractivity contribution is 0.102. The Bertz CT molecular complexity index is 867. The predicted octanol–water partition coefficient (Wildman–Crippen LogP) is 4.13. The highest BCUT2D eigenvalue weighted by molar-refractivity contribution is 6.30. The minimum absolute atomic E-state index is 0.300. The van der Waals surface area contributed by atoms with E-state index in [2.05, 4.69) is 20.6 Å². The number of rotatable bonds is 5. The van der Waals surface area contributed by atoms with E-state index in [9.17, 15) is 4.79 Å². The van der Waals surface area contributed by atoms with Crippen LogP contribution >= 0.6 is 11.6 Å². The van der Waals surface area contributed by atoms with Gasteiger partial charge in [-0.25, -0.2) is 9.97 Å². The summed E-state index contributed by atoms with van der Waals surface area (Å²) >= 11 is 5.84. The summed E-state index contributed by atoms with van der Waals surface area (Å²) in [5, 5.41) is 6.46. The first-order valence-electron chi connectivity index (χ1n) is 7.44. The van der Waals surface area contributed by atoms with E-state index in [1.165, 1.54) is 12.4 Å². The molecule has 2 N–H and O–H groups in total. The number of halogens is 1. The number of anilines is 3. The van der Waals surface area contributed by atoms with Gasteiger partial charge >= 0.3 is 0 Å². The van der Waals surface area contributed by atoms with Crippen molar-refractivity contribution in [3.8, 4) is 5.75 Å². The van der Waals surface area contributed by atoms with Gasteiger partial charge in [-0.2, -0.15) is 0 Å². The lowest BCUT2D eigenvalue weighted by Gasteiger charge is -2.08. The Hall–Kier alpha value is -3.12. The molecular weight excluding hydrogens is 340 g/mol. The third-order valence-electron chi connectivity index (χ3n) is 3.34. The number of nitrogens with zero attached hydrogens (tertiary/aromatic N) is 2. The van der Waals surface area contributed by atoms with Crippen molar-refractivity contribution in [1.82, 2.24) is 9.97 Å². The van der Waals surface area contributed by atoms with Crippen molar-refractivity contribution in [2.75, 3.05) is 17.7 Å². The van der Waals surface area contributed by atoms with Crippen LogP contribution in [0.4, 0.5) is 17.3 Å². The van der Waals surface area contributed by atoms with E-state index in [0.717, 1.165) is 5.69 Å². The second-order valence-electron chi connectivity index (χ2n) is 5.11. The van der Waals surface area contributed by atoms with Crippen LogP contribution in [0.1, 0.15) is 10.4 Å². The van der Waals surface area contributed by atoms with Gasteiger partial charge in [0.1, 0.15) is 5.75 Å². The number of carbonyl (C=O) groups is 1. The molecule has 0 unspecified atom stereocenters. The van der Waals surface area contributed by atoms with Gasteiger partial charge in [-0.05, 0) is 36.4 Å². The number of nitrogens with one attached hydrogen (secondary N) is 2. The number of benzene rings is 2. The van der Waals surface area contributed by atoms with Gasteiger partial charge in [0.05, 0.1) is 12.7 Å². The van der Waals surface area contributed by atoms with Gasteiger partial charge in [0.2, 0.25) is 5.95 Å². The first kappa shape index (κ1) is 16.7. The van der Waals surface area contributed by atoms with Crippen molar-refractivity contribution < 1.29 is 9.53 Å². The molecule has 0 bridgehead atoms. The van der Waals surface area contributed by atoms with Crippen LogP contribution in [0.3, 0.4) is 0 Å². The standard InChI is InChI=1S/C18H15ClN4O2/c1-25-16-4-2-3-15(9-16)22-17(24)12-10-20-18(21-11-12)23-14-7-5-13(19)6-8-14/h2-11H,1H3,(H,22,24)(H,20,21,23). The SMILES string of the molecule is COc1cccc(NC(=O)c2cnc(Nc3ccc(Cl)cc3)nc2)c1. The average molecular weight is 355 g/mol. The molecule has 0 atom stereocenters. The van der Waals surface area contributed by atoms with Crippen LogP contribution in [0.2, 0.25) is 5.02 Å². The molecule has 0 radical (unpaired) electrons.